The van der Waals surface area contributed by atoms with Gasteiger partial charge >= 0.3 is 0 Å². The predicted molar refractivity (Wildman–Crippen MR) is 64.2 cm³/mol. The van der Waals surface area contributed by atoms with Gasteiger partial charge in [-0.2, -0.15) is 5.26 Å². The smallest absolute Gasteiger partial charge is 0.123 e. The Balaban J connectivity index is 3.19. The van der Waals surface area contributed by atoms with Gasteiger partial charge in [0.1, 0.15) is 5.75 Å². The Bertz CT molecular complexity index is 393. The van der Waals surface area contributed by atoms with Gasteiger partial charge in [-0.15, -0.1) is 0 Å². The molecule has 86 valence electrons. The second-order valence-corrected chi connectivity index (χ2v) is 4.30. The summed E-state index contributed by atoms with van der Waals surface area (Å²) in [6.45, 7) is 3.83. The van der Waals surface area contributed by atoms with Gasteiger partial charge in [-0.1, -0.05) is 18.2 Å². The third-order valence-electron chi connectivity index (χ3n) is 2.75. The molecular weight excluding hydrogens is 200 g/mol. The van der Waals surface area contributed by atoms with Crippen molar-refractivity contribution in [1.82, 2.24) is 5.32 Å². The van der Waals surface area contributed by atoms with Crippen LogP contribution in [0, 0.1) is 16.7 Å². The Hall–Kier alpha value is -1.53. The first kappa shape index (κ1) is 12.5. The third kappa shape index (κ3) is 2.34. The Labute approximate surface area is 97.0 Å². The molecule has 0 saturated heterocycles. The van der Waals surface area contributed by atoms with E-state index in [1.807, 2.05) is 45.2 Å². The van der Waals surface area contributed by atoms with Crippen molar-refractivity contribution in [1.29, 1.82) is 5.26 Å². The van der Waals surface area contributed by atoms with E-state index in [2.05, 4.69) is 11.4 Å². The second-order valence-electron chi connectivity index (χ2n) is 4.30. The molecule has 0 heterocycles. The molecule has 0 spiro atoms. The molecule has 1 rings (SSSR count). The lowest BCUT2D eigenvalue weighted by atomic mass is 9.81. The standard InChI is InChI=1S/C13H18N2O/c1-13(2,9-14)12(15-3)10-7-5-6-8-11(10)16-4/h5-8,12,15H,1-4H3. The molecule has 0 aliphatic rings. The number of nitriles is 1. The number of nitrogens with one attached hydrogen (secondary N) is 1. The van der Waals surface area contributed by atoms with Gasteiger partial charge in [0, 0.05) is 5.56 Å². The Morgan fingerprint density at radius 2 is 2.00 bits per heavy atom. The zero-order valence-corrected chi connectivity index (χ0v) is 10.2. The van der Waals surface area contributed by atoms with Crippen LogP contribution in [0.15, 0.2) is 24.3 Å². The fourth-order valence-corrected chi connectivity index (χ4v) is 1.87. The maximum absolute atomic E-state index is 9.19. The van der Waals surface area contributed by atoms with Crippen molar-refractivity contribution >= 4 is 0 Å². The summed E-state index contributed by atoms with van der Waals surface area (Å²) in [5.74, 6) is 0.810. The average Bonchev–Trinajstić information content (AvgIpc) is 2.30. The molecule has 1 unspecified atom stereocenters. The molecule has 0 amide bonds. The molecule has 1 aromatic carbocycles. The van der Waals surface area contributed by atoms with Crippen molar-refractivity contribution in [3.8, 4) is 11.8 Å². The highest BCUT2D eigenvalue weighted by Gasteiger charge is 2.31. The van der Waals surface area contributed by atoms with Crippen molar-refractivity contribution < 1.29 is 4.74 Å². The van der Waals surface area contributed by atoms with Gasteiger partial charge in [0.25, 0.3) is 0 Å². The number of hydrogen-bond donors (Lipinski definition) is 1. The minimum Gasteiger partial charge on any atom is -0.496 e. The van der Waals surface area contributed by atoms with E-state index in [0.717, 1.165) is 11.3 Å². The van der Waals surface area contributed by atoms with Crippen LogP contribution in [-0.2, 0) is 0 Å². The first-order valence-corrected chi connectivity index (χ1v) is 5.28. The first-order valence-electron chi connectivity index (χ1n) is 5.28. The summed E-state index contributed by atoms with van der Waals surface area (Å²) in [6, 6.07) is 10.1. The van der Waals surface area contributed by atoms with Crippen molar-refractivity contribution in [2.45, 2.75) is 19.9 Å². The Morgan fingerprint density at radius 3 is 2.50 bits per heavy atom. The van der Waals surface area contributed by atoms with Gasteiger partial charge in [-0.25, -0.2) is 0 Å². The van der Waals surface area contributed by atoms with Crippen LogP contribution in [0.25, 0.3) is 0 Å². The zero-order chi connectivity index (χ0) is 12.2. The molecular formula is C13H18N2O. The van der Waals surface area contributed by atoms with E-state index >= 15 is 0 Å². The van der Waals surface area contributed by atoms with E-state index < -0.39 is 5.41 Å². The molecule has 0 saturated carbocycles. The van der Waals surface area contributed by atoms with Crippen LogP contribution in [0.5, 0.6) is 5.75 Å². The summed E-state index contributed by atoms with van der Waals surface area (Å²) in [5.41, 5.74) is 0.530. The molecule has 0 bridgehead atoms. The summed E-state index contributed by atoms with van der Waals surface area (Å²) < 4.78 is 5.32. The molecule has 3 nitrogen and oxygen atoms in total. The van der Waals surface area contributed by atoms with Gasteiger partial charge < -0.3 is 10.1 Å². The van der Waals surface area contributed by atoms with Crippen LogP contribution < -0.4 is 10.1 Å². The van der Waals surface area contributed by atoms with E-state index in [4.69, 9.17) is 4.74 Å². The summed E-state index contributed by atoms with van der Waals surface area (Å²) in [4.78, 5) is 0. The number of nitrogens with zero attached hydrogens (tertiary/aromatic N) is 1. The highest BCUT2D eigenvalue weighted by molar-refractivity contribution is 5.37. The third-order valence-corrected chi connectivity index (χ3v) is 2.75. The monoisotopic (exact) mass is 218 g/mol. The summed E-state index contributed by atoms with van der Waals surface area (Å²) in [5, 5.41) is 12.4. The van der Waals surface area contributed by atoms with Crippen LogP contribution in [0.1, 0.15) is 25.5 Å². The number of benzene rings is 1. The van der Waals surface area contributed by atoms with Crippen LogP contribution >= 0.6 is 0 Å². The van der Waals surface area contributed by atoms with E-state index in [1.165, 1.54) is 0 Å². The zero-order valence-electron chi connectivity index (χ0n) is 10.2. The molecule has 0 aliphatic carbocycles. The normalized spacial score (nSPS) is 12.9. The molecule has 0 aliphatic heterocycles. The molecule has 1 aromatic rings. The molecule has 3 heteroatoms. The lowest BCUT2D eigenvalue weighted by Gasteiger charge is -2.29. The molecule has 0 aromatic heterocycles. The highest BCUT2D eigenvalue weighted by atomic mass is 16.5. The predicted octanol–water partition coefficient (Wildman–Crippen LogP) is 2.51. The van der Waals surface area contributed by atoms with Gasteiger partial charge in [0.15, 0.2) is 0 Å². The number of rotatable bonds is 4. The lowest BCUT2D eigenvalue weighted by Crippen LogP contribution is -2.31. The van der Waals surface area contributed by atoms with E-state index in [9.17, 15) is 5.26 Å². The Morgan fingerprint density at radius 1 is 1.38 bits per heavy atom. The minimum atomic E-state index is -0.483. The number of para-hydroxylation sites is 1. The minimum absolute atomic E-state index is 0.0475. The van der Waals surface area contributed by atoms with Crippen LogP contribution in [0.2, 0.25) is 0 Å². The van der Waals surface area contributed by atoms with E-state index in [1.54, 1.807) is 7.11 Å². The maximum Gasteiger partial charge on any atom is 0.123 e. The van der Waals surface area contributed by atoms with Crippen molar-refractivity contribution in [3.63, 3.8) is 0 Å². The number of hydrogen-bond acceptors (Lipinski definition) is 3. The molecule has 16 heavy (non-hydrogen) atoms. The molecule has 1 atom stereocenters. The van der Waals surface area contributed by atoms with Crippen molar-refractivity contribution in [3.05, 3.63) is 29.8 Å². The summed E-state index contributed by atoms with van der Waals surface area (Å²) >= 11 is 0. The molecule has 0 fully saturated rings. The lowest BCUT2D eigenvalue weighted by molar-refractivity contribution is 0.326. The first-order chi connectivity index (χ1) is 7.56. The second kappa shape index (κ2) is 5.00. The van der Waals surface area contributed by atoms with Gasteiger partial charge in [0.05, 0.1) is 24.6 Å². The van der Waals surface area contributed by atoms with Crippen LogP contribution in [0.3, 0.4) is 0 Å². The van der Waals surface area contributed by atoms with Gasteiger partial charge in [-0.05, 0) is 27.0 Å². The average molecular weight is 218 g/mol. The highest BCUT2D eigenvalue weighted by Crippen LogP contribution is 2.36. The summed E-state index contributed by atoms with van der Waals surface area (Å²) in [6.07, 6.45) is 0. The number of ether oxygens (including phenoxy) is 1. The summed E-state index contributed by atoms with van der Waals surface area (Å²) in [7, 11) is 3.50. The topological polar surface area (TPSA) is 45.0 Å². The van der Waals surface area contributed by atoms with Crippen molar-refractivity contribution in [2.24, 2.45) is 5.41 Å². The van der Waals surface area contributed by atoms with Crippen LogP contribution in [-0.4, -0.2) is 14.2 Å². The van der Waals surface area contributed by atoms with Crippen molar-refractivity contribution in [2.75, 3.05) is 14.2 Å². The quantitative estimate of drug-likeness (QED) is 0.844. The van der Waals surface area contributed by atoms with Gasteiger partial charge in [-0.3, -0.25) is 0 Å². The molecule has 1 N–H and O–H groups in total. The van der Waals surface area contributed by atoms with Crippen LogP contribution in [0.4, 0.5) is 0 Å². The Kier molecular flexibility index (Phi) is 3.92. The molecule has 0 radical (unpaired) electrons. The van der Waals surface area contributed by atoms with E-state index in [-0.39, 0.29) is 6.04 Å². The number of methoxy groups -OCH3 is 1. The SMILES string of the molecule is CNC(c1ccccc1OC)C(C)(C)C#N. The van der Waals surface area contributed by atoms with E-state index in [0.29, 0.717) is 0 Å². The fourth-order valence-electron chi connectivity index (χ4n) is 1.87. The fraction of sp³-hybridized carbons (Fsp3) is 0.462. The largest absolute Gasteiger partial charge is 0.496 e. The maximum atomic E-state index is 9.19. The van der Waals surface area contributed by atoms with Gasteiger partial charge in [0.2, 0.25) is 0 Å².